The molecule has 1 heterocycles. The zero-order valence-electron chi connectivity index (χ0n) is 13.4. The molecule has 134 valence electrons. The van der Waals surface area contributed by atoms with Crippen LogP contribution in [0.2, 0.25) is 0 Å². The fourth-order valence-electron chi connectivity index (χ4n) is 2.13. The molecule has 26 heavy (non-hydrogen) atoms. The van der Waals surface area contributed by atoms with Gasteiger partial charge in [-0.3, -0.25) is 10.1 Å². The van der Waals surface area contributed by atoms with E-state index in [2.05, 4.69) is 15.5 Å². The topological polar surface area (TPSA) is 68.0 Å². The van der Waals surface area contributed by atoms with Crippen LogP contribution in [-0.2, 0) is 6.18 Å². The number of aromatic nitrogens is 2. The van der Waals surface area contributed by atoms with Crippen molar-refractivity contribution in [3.05, 3.63) is 59.7 Å². The Morgan fingerprint density at radius 3 is 2.50 bits per heavy atom. The number of nitrogens with zero attached hydrogens (tertiary/aromatic N) is 2. The lowest BCUT2D eigenvalue weighted by molar-refractivity contribution is -0.137. The highest BCUT2D eigenvalue weighted by Crippen LogP contribution is 2.31. The number of carbonyl (C=O) groups excluding carboxylic acids is 1. The molecule has 9 heteroatoms. The molecule has 1 aromatic heterocycles. The summed E-state index contributed by atoms with van der Waals surface area (Å²) in [6, 6.07) is 11.1. The van der Waals surface area contributed by atoms with Gasteiger partial charge in [0.1, 0.15) is 0 Å². The van der Waals surface area contributed by atoms with Crippen molar-refractivity contribution in [3.63, 3.8) is 0 Å². The number of carbonyl (C=O) groups is 1. The average Bonchev–Trinajstić information content (AvgIpc) is 3.09. The minimum absolute atomic E-state index is 0.00638. The summed E-state index contributed by atoms with van der Waals surface area (Å²) in [5.74, 6) is -0.421. The van der Waals surface area contributed by atoms with Gasteiger partial charge < -0.3 is 4.42 Å². The molecule has 3 aromatic rings. The van der Waals surface area contributed by atoms with Gasteiger partial charge in [-0.15, -0.1) is 16.9 Å². The van der Waals surface area contributed by atoms with E-state index in [0.29, 0.717) is 11.1 Å². The predicted molar refractivity (Wildman–Crippen MR) is 90.9 cm³/mol. The number of benzene rings is 2. The van der Waals surface area contributed by atoms with E-state index in [1.54, 1.807) is 18.2 Å². The van der Waals surface area contributed by atoms with Crippen molar-refractivity contribution in [2.24, 2.45) is 0 Å². The number of halogens is 3. The maximum absolute atomic E-state index is 12.6. The van der Waals surface area contributed by atoms with Gasteiger partial charge >= 0.3 is 12.2 Å². The summed E-state index contributed by atoms with van der Waals surface area (Å²) in [6.45, 7) is 0. The summed E-state index contributed by atoms with van der Waals surface area (Å²) in [6.07, 6.45) is -2.52. The minimum atomic E-state index is -4.42. The Hall–Kier alpha value is -2.81. The van der Waals surface area contributed by atoms with E-state index in [9.17, 15) is 18.0 Å². The maximum atomic E-state index is 12.6. The van der Waals surface area contributed by atoms with Crippen LogP contribution >= 0.6 is 11.8 Å². The van der Waals surface area contributed by atoms with Crippen molar-refractivity contribution >= 4 is 23.7 Å². The predicted octanol–water partition coefficient (Wildman–Crippen LogP) is 4.73. The Bertz CT molecular complexity index is 924. The Labute approximate surface area is 150 Å². The lowest BCUT2D eigenvalue weighted by Gasteiger charge is -2.05. The van der Waals surface area contributed by atoms with Crippen LogP contribution in [0.5, 0.6) is 0 Å². The molecule has 5 nitrogen and oxygen atoms in total. The summed E-state index contributed by atoms with van der Waals surface area (Å²) in [7, 11) is 0. The number of hydrogen-bond acceptors (Lipinski definition) is 5. The zero-order valence-corrected chi connectivity index (χ0v) is 14.2. The van der Waals surface area contributed by atoms with E-state index in [0.717, 1.165) is 17.0 Å². The van der Waals surface area contributed by atoms with Crippen molar-refractivity contribution < 1.29 is 22.4 Å². The fraction of sp³-hybridized carbons (Fsp3) is 0.118. The van der Waals surface area contributed by atoms with Gasteiger partial charge in [0.05, 0.1) is 5.56 Å². The number of alkyl halides is 3. The first-order chi connectivity index (χ1) is 12.4. The van der Waals surface area contributed by atoms with Crippen LogP contribution in [0.25, 0.3) is 11.5 Å². The second-order valence-electron chi connectivity index (χ2n) is 5.17. The van der Waals surface area contributed by atoms with Crippen LogP contribution in [-0.4, -0.2) is 22.4 Å². The third-order valence-electron chi connectivity index (χ3n) is 3.44. The molecule has 0 bridgehead atoms. The Morgan fingerprint density at radius 2 is 1.85 bits per heavy atom. The van der Waals surface area contributed by atoms with Crippen LogP contribution < -0.4 is 5.32 Å². The number of thioether (sulfide) groups is 1. The van der Waals surface area contributed by atoms with E-state index in [1.165, 1.54) is 23.9 Å². The molecule has 0 aliphatic heterocycles. The van der Waals surface area contributed by atoms with Gasteiger partial charge in [0.2, 0.25) is 5.89 Å². The Morgan fingerprint density at radius 1 is 1.12 bits per heavy atom. The van der Waals surface area contributed by atoms with E-state index in [1.807, 2.05) is 12.3 Å². The smallest absolute Gasteiger partial charge is 0.403 e. The molecule has 0 unspecified atom stereocenters. The fourth-order valence-corrected chi connectivity index (χ4v) is 2.59. The van der Waals surface area contributed by atoms with Gasteiger partial charge in [0.15, 0.2) is 0 Å². The highest BCUT2D eigenvalue weighted by atomic mass is 32.2. The van der Waals surface area contributed by atoms with Gasteiger partial charge in [0.25, 0.3) is 5.91 Å². The molecule has 0 fully saturated rings. The molecular weight excluding hydrogens is 367 g/mol. The van der Waals surface area contributed by atoms with Crippen molar-refractivity contribution in [2.45, 2.75) is 11.1 Å². The van der Waals surface area contributed by atoms with Crippen LogP contribution in [0.3, 0.4) is 0 Å². The monoisotopic (exact) mass is 379 g/mol. The minimum Gasteiger partial charge on any atom is -0.403 e. The summed E-state index contributed by atoms with van der Waals surface area (Å²) in [4.78, 5) is 13.1. The SMILES string of the molecule is CSc1cccc(C(=O)Nc2nnc(-c3ccc(C(F)(F)F)cc3)o2)c1. The van der Waals surface area contributed by atoms with E-state index >= 15 is 0 Å². The first-order valence-electron chi connectivity index (χ1n) is 7.33. The maximum Gasteiger partial charge on any atom is 0.416 e. The molecule has 1 N–H and O–H groups in total. The van der Waals surface area contributed by atoms with Crippen molar-refractivity contribution in [3.8, 4) is 11.5 Å². The van der Waals surface area contributed by atoms with Gasteiger partial charge in [-0.2, -0.15) is 13.2 Å². The molecule has 0 aliphatic carbocycles. The lowest BCUT2D eigenvalue weighted by atomic mass is 10.1. The van der Waals surface area contributed by atoms with Crippen LogP contribution in [0.1, 0.15) is 15.9 Å². The van der Waals surface area contributed by atoms with Crippen molar-refractivity contribution in [2.75, 3.05) is 11.6 Å². The molecule has 0 saturated heterocycles. The van der Waals surface area contributed by atoms with E-state index in [4.69, 9.17) is 4.42 Å². The normalized spacial score (nSPS) is 11.4. The zero-order chi connectivity index (χ0) is 18.7. The number of anilines is 1. The van der Waals surface area contributed by atoms with Crippen LogP contribution in [0.4, 0.5) is 19.2 Å². The molecule has 0 aliphatic rings. The molecule has 3 rings (SSSR count). The first-order valence-corrected chi connectivity index (χ1v) is 8.56. The molecule has 0 radical (unpaired) electrons. The summed E-state index contributed by atoms with van der Waals surface area (Å²) in [5, 5.41) is 9.90. The van der Waals surface area contributed by atoms with Gasteiger partial charge in [-0.1, -0.05) is 11.2 Å². The third-order valence-corrected chi connectivity index (χ3v) is 4.16. The average molecular weight is 379 g/mol. The summed E-state index contributed by atoms with van der Waals surface area (Å²) < 4.78 is 43.1. The second-order valence-corrected chi connectivity index (χ2v) is 6.05. The highest BCUT2D eigenvalue weighted by Gasteiger charge is 2.30. The molecule has 1 amide bonds. The number of nitrogens with one attached hydrogen (secondary N) is 1. The van der Waals surface area contributed by atoms with Gasteiger partial charge in [-0.25, -0.2) is 0 Å². The lowest BCUT2D eigenvalue weighted by Crippen LogP contribution is -2.12. The van der Waals surface area contributed by atoms with Gasteiger partial charge in [-0.05, 0) is 48.7 Å². The Balaban J connectivity index is 1.74. The second kappa shape index (κ2) is 7.20. The number of hydrogen-bond donors (Lipinski definition) is 1. The van der Waals surface area contributed by atoms with Crippen LogP contribution in [0.15, 0.2) is 57.8 Å². The molecule has 0 atom stereocenters. The molecule has 0 spiro atoms. The van der Waals surface area contributed by atoms with Crippen molar-refractivity contribution in [1.29, 1.82) is 0 Å². The van der Waals surface area contributed by atoms with E-state index in [-0.39, 0.29) is 11.9 Å². The summed E-state index contributed by atoms with van der Waals surface area (Å²) >= 11 is 1.50. The largest absolute Gasteiger partial charge is 0.416 e. The Kier molecular flexibility index (Phi) is 4.99. The molecule has 0 saturated carbocycles. The van der Waals surface area contributed by atoms with Crippen molar-refractivity contribution in [1.82, 2.24) is 10.2 Å². The first kappa shape index (κ1) is 18.0. The highest BCUT2D eigenvalue weighted by molar-refractivity contribution is 7.98. The number of rotatable bonds is 4. The molecule has 2 aromatic carbocycles. The van der Waals surface area contributed by atoms with Crippen LogP contribution in [0, 0.1) is 0 Å². The third kappa shape index (κ3) is 4.05. The standard InChI is InChI=1S/C17H12F3N3O2S/c1-26-13-4-2-3-11(9-13)14(24)21-16-23-22-15(25-16)10-5-7-12(8-6-10)17(18,19)20/h2-9H,1H3,(H,21,23,24). The summed E-state index contributed by atoms with van der Waals surface area (Å²) in [5.41, 5.74) is -0.0375. The van der Waals surface area contributed by atoms with E-state index < -0.39 is 17.6 Å². The van der Waals surface area contributed by atoms with Gasteiger partial charge in [0, 0.05) is 16.0 Å². The molecular formula is C17H12F3N3O2S. The number of amides is 1. The quantitative estimate of drug-likeness (QED) is 0.664.